The molecule has 15 nitrogen and oxygen atoms in total. The molecule has 2 aliphatic heterocycles. The van der Waals surface area contributed by atoms with Crippen LogP contribution in [0, 0.1) is 43.8 Å². The van der Waals surface area contributed by atoms with Crippen molar-refractivity contribution in [3.63, 3.8) is 0 Å². The summed E-state index contributed by atoms with van der Waals surface area (Å²) in [5.74, 6) is -3.95. The van der Waals surface area contributed by atoms with Gasteiger partial charge in [-0.15, -0.1) is 0 Å². The first-order valence-electron chi connectivity index (χ1n) is 21.9. The van der Waals surface area contributed by atoms with Crippen LogP contribution in [0.1, 0.15) is 47.1 Å². The molecule has 0 unspecified atom stereocenters. The zero-order chi connectivity index (χ0) is 46.9. The van der Waals surface area contributed by atoms with Crippen molar-refractivity contribution in [2.24, 2.45) is 0 Å². The van der Waals surface area contributed by atoms with E-state index in [2.05, 4.69) is 0 Å². The number of carbonyl (C=O) groups is 4. The Balaban J connectivity index is 0.00000952. The average Bonchev–Trinajstić information content (AvgIpc) is 3.25. The number of carboxylic acids is 4. The molecule has 2 aliphatic rings. The minimum Gasteiger partial charge on any atom is -0.491 e. The molecule has 0 spiro atoms. The third-order valence-corrected chi connectivity index (χ3v) is 11.8. The molecule has 1 atom stereocenters. The summed E-state index contributed by atoms with van der Waals surface area (Å²) >= 11 is 0. The summed E-state index contributed by atoms with van der Waals surface area (Å²) in [4.78, 5) is 55.8. The minimum atomic E-state index is -4.73. The third-order valence-electron chi connectivity index (χ3n) is 11.8. The van der Waals surface area contributed by atoms with Crippen molar-refractivity contribution in [2.45, 2.75) is 44.9 Å². The van der Waals surface area contributed by atoms with Gasteiger partial charge in [0.15, 0.2) is 0 Å². The summed E-state index contributed by atoms with van der Waals surface area (Å²) in [6.07, 6.45) is 0.127. The molecule has 366 valence electrons. The van der Waals surface area contributed by atoms with E-state index in [9.17, 15) is 52.8 Å². The number of likely N-dealkylation sites (tertiary alicyclic amines) is 1. The predicted molar refractivity (Wildman–Crippen MR) is 238 cm³/mol. The predicted octanol–water partition coefficient (Wildman–Crippen LogP) is 5.16. The van der Waals surface area contributed by atoms with Crippen LogP contribution in [0.3, 0.4) is 0 Å². The van der Waals surface area contributed by atoms with Crippen molar-refractivity contribution < 1.29 is 99.1 Å². The standard InChI is InChI=1S/C47H60F3N5O10.Lu/c1-34-35(10-7-11-39(34)36-8-3-2-4-9-36)13-14-37-29-42(38(28-40(37)47(48,49)50)30-55-15-6-5-12-41(55)46(62)63)65-27-26-64-25-24-51-16-18-52(31-43(56)57)20-22-54(33-45(60)61)23-21-53(19-17-51)32-44(58)59;/h2-4,7-11,13-14,28-29,41H,5-6,12,15-27,30-33H2,1H3,(H,56,57)(H,58,59)(H,60,61)(H,62,63);/q;+3/b14-13+;/t41-;/m0./s1. The summed E-state index contributed by atoms with van der Waals surface area (Å²) in [5, 5.41) is 38.5. The van der Waals surface area contributed by atoms with E-state index in [1.165, 1.54) is 12.1 Å². The smallest absolute Gasteiger partial charge is 0.491 e. The molecule has 3 aromatic carbocycles. The van der Waals surface area contributed by atoms with Crippen LogP contribution in [0.4, 0.5) is 13.2 Å². The largest absolute Gasteiger partial charge is 3.00 e. The number of hydrogen-bond donors (Lipinski definition) is 4. The van der Waals surface area contributed by atoms with Gasteiger partial charge in [-0.05, 0) is 66.3 Å². The molecule has 0 aliphatic carbocycles. The molecular formula is C47H60F3LuN5O10+3. The Hall–Kier alpha value is -4.14. The van der Waals surface area contributed by atoms with E-state index in [-0.39, 0.29) is 113 Å². The SMILES string of the molecule is Cc1c(/C=C/c2cc(OCCOCCN3CCN(CC(=O)O)CCN(CC(=O)O)CCN(CC(=O)O)CC3)c(CN3CCCC[C@H]3C(=O)O)cc2C(F)(F)F)cccc1-c1ccccc1.[Lu+3]. The van der Waals surface area contributed by atoms with Crippen LogP contribution in [-0.2, 0) is 36.6 Å². The van der Waals surface area contributed by atoms with Gasteiger partial charge in [-0.2, -0.15) is 13.2 Å². The number of benzene rings is 3. The summed E-state index contributed by atoms with van der Waals surface area (Å²) in [6, 6.07) is 16.9. The molecule has 2 fully saturated rings. The molecule has 2 heterocycles. The zero-order valence-electron chi connectivity index (χ0n) is 37.0. The Kier molecular flexibility index (Phi) is 22.3. The number of piperidine rings is 1. The van der Waals surface area contributed by atoms with Crippen molar-refractivity contribution in [3.8, 4) is 16.9 Å². The molecule has 0 saturated carbocycles. The van der Waals surface area contributed by atoms with E-state index in [1.54, 1.807) is 25.7 Å². The Bertz CT molecular complexity index is 2060. The molecule has 19 heteroatoms. The minimum absolute atomic E-state index is 0. The van der Waals surface area contributed by atoms with Crippen molar-refractivity contribution in [1.82, 2.24) is 24.5 Å². The van der Waals surface area contributed by atoms with Crippen molar-refractivity contribution >= 4 is 36.0 Å². The Labute approximate surface area is 412 Å². The second-order valence-electron chi connectivity index (χ2n) is 16.4. The molecule has 4 N–H and O–H groups in total. The number of carboxylic acid groups (broad SMARTS) is 4. The topological polar surface area (TPSA) is 184 Å². The molecule has 0 amide bonds. The molecule has 2 saturated heterocycles. The van der Waals surface area contributed by atoms with Gasteiger partial charge >= 0.3 is 66.9 Å². The fraction of sp³-hybridized carbons (Fsp3) is 0.489. The van der Waals surface area contributed by atoms with E-state index in [0.717, 1.165) is 28.3 Å². The monoisotopic (exact) mass is 1090 g/mol. The Morgan fingerprint density at radius 3 is 1.79 bits per heavy atom. The van der Waals surface area contributed by atoms with Gasteiger partial charge in [-0.1, -0.05) is 67.1 Å². The maximum Gasteiger partial charge on any atom is 3.00 e. The van der Waals surface area contributed by atoms with E-state index in [4.69, 9.17) is 9.47 Å². The maximum absolute atomic E-state index is 14.8. The van der Waals surface area contributed by atoms with Gasteiger partial charge in [0.2, 0.25) is 0 Å². The van der Waals surface area contributed by atoms with Crippen LogP contribution in [-0.4, -0.2) is 180 Å². The fourth-order valence-corrected chi connectivity index (χ4v) is 8.26. The Morgan fingerprint density at radius 1 is 0.682 bits per heavy atom. The normalized spacial score (nSPS) is 18.0. The van der Waals surface area contributed by atoms with Gasteiger partial charge in [0.25, 0.3) is 0 Å². The van der Waals surface area contributed by atoms with E-state index in [1.807, 2.05) is 60.4 Å². The fourth-order valence-electron chi connectivity index (χ4n) is 8.26. The quantitative estimate of drug-likeness (QED) is 0.0912. The molecule has 66 heavy (non-hydrogen) atoms. The van der Waals surface area contributed by atoms with Gasteiger partial charge < -0.3 is 29.9 Å². The first-order chi connectivity index (χ1) is 31.1. The second kappa shape index (κ2) is 27.0. The zero-order valence-corrected chi connectivity index (χ0v) is 38.7. The summed E-state index contributed by atoms with van der Waals surface area (Å²) < 4.78 is 56.6. The van der Waals surface area contributed by atoms with Crippen LogP contribution in [0.15, 0.2) is 60.7 Å². The number of rotatable bonds is 19. The van der Waals surface area contributed by atoms with Gasteiger partial charge in [-0.3, -0.25) is 43.7 Å². The number of alkyl halides is 3. The van der Waals surface area contributed by atoms with Crippen molar-refractivity contribution in [1.29, 1.82) is 0 Å². The van der Waals surface area contributed by atoms with Crippen molar-refractivity contribution in [3.05, 3.63) is 88.5 Å². The summed E-state index contributed by atoms with van der Waals surface area (Å²) in [7, 11) is 0. The van der Waals surface area contributed by atoms with E-state index < -0.39 is 41.7 Å². The van der Waals surface area contributed by atoms with Gasteiger partial charge in [-0.25, -0.2) is 0 Å². The van der Waals surface area contributed by atoms with Crippen LogP contribution in [0.5, 0.6) is 5.75 Å². The van der Waals surface area contributed by atoms with E-state index in [0.29, 0.717) is 71.6 Å². The summed E-state index contributed by atoms with van der Waals surface area (Å²) in [5.41, 5.74) is 2.77. The van der Waals surface area contributed by atoms with Crippen LogP contribution in [0.2, 0.25) is 0 Å². The van der Waals surface area contributed by atoms with Crippen LogP contribution in [0.25, 0.3) is 23.3 Å². The van der Waals surface area contributed by atoms with Crippen LogP contribution < -0.4 is 4.74 Å². The molecule has 5 rings (SSSR count). The third kappa shape index (κ3) is 17.5. The van der Waals surface area contributed by atoms with Gasteiger partial charge in [0.1, 0.15) is 18.4 Å². The van der Waals surface area contributed by atoms with Gasteiger partial charge in [0, 0.05) is 71.0 Å². The van der Waals surface area contributed by atoms with Crippen molar-refractivity contribution in [2.75, 3.05) is 105 Å². The number of hydrogen-bond acceptors (Lipinski definition) is 11. The van der Waals surface area contributed by atoms with Gasteiger partial charge in [0.05, 0.1) is 38.4 Å². The van der Waals surface area contributed by atoms with E-state index >= 15 is 0 Å². The Morgan fingerprint density at radius 2 is 1.24 bits per heavy atom. The molecule has 0 bridgehead atoms. The average molecular weight is 1090 g/mol. The number of aliphatic carboxylic acids is 4. The number of halogens is 3. The molecule has 3 aromatic rings. The molecular weight excluding hydrogens is 1030 g/mol. The number of ether oxygens (including phenoxy) is 2. The first-order valence-corrected chi connectivity index (χ1v) is 21.9. The molecule has 0 radical (unpaired) electrons. The first kappa shape index (κ1) is 54.5. The molecule has 0 aromatic heterocycles. The van der Waals surface area contributed by atoms with Crippen LogP contribution >= 0.6 is 0 Å². The number of nitrogens with zero attached hydrogens (tertiary/aromatic N) is 5. The maximum atomic E-state index is 14.8. The second-order valence-corrected chi connectivity index (χ2v) is 16.4. The summed E-state index contributed by atoms with van der Waals surface area (Å²) in [6.45, 7) is 4.80.